The van der Waals surface area contributed by atoms with Crippen molar-refractivity contribution >= 4 is 62.9 Å². The number of hydrogen-bond acceptors (Lipinski definition) is 4. The number of nitrogens with zero attached hydrogens (tertiary/aromatic N) is 1. The van der Waals surface area contributed by atoms with Crippen molar-refractivity contribution in [3.05, 3.63) is 44.8 Å². The SMILES string of the molecule is Cc1cc(NC(=O)C(C)(C)C)sc1C(=O)N(C)CC(=O)Nc1ccc(Cl)c(Cl)c1. The van der Waals surface area contributed by atoms with E-state index < -0.39 is 5.41 Å². The number of aryl methyl sites for hydroxylation is 1. The smallest absolute Gasteiger partial charge is 0.264 e. The maximum atomic E-state index is 12.8. The van der Waals surface area contributed by atoms with E-state index >= 15 is 0 Å². The van der Waals surface area contributed by atoms with Crippen LogP contribution in [0.15, 0.2) is 24.3 Å². The Hall–Kier alpha value is -2.09. The molecule has 0 aliphatic heterocycles. The van der Waals surface area contributed by atoms with E-state index in [4.69, 9.17) is 23.2 Å². The summed E-state index contributed by atoms with van der Waals surface area (Å²) in [5, 5.41) is 6.82. The van der Waals surface area contributed by atoms with Gasteiger partial charge in [-0.3, -0.25) is 14.4 Å². The number of amides is 3. The number of benzene rings is 1. The quantitative estimate of drug-likeness (QED) is 0.660. The number of thiophene rings is 1. The van der Waals surface area contributed by atoms with Crippen molar-refractivity contribution in [3.63, 3.8) is 0 Å². The van der Waals surface area contributed by atoms with Crippen molar-refractivity contribution in [3.8, 4) is 0 Å². The van der Waals surface area contributed by atoms with Gasteiger partial charge in [-0.15, -0.1) is 11.3 Å². The van der Waals surface area contributed by atoms with E-state index in [0.29, 0.717) is 25.6 Å². The second-order valence-electron chi connectivity index (χ2n) is 7.67. The van der Waals surface area contributed by atoms with Gasteiger partial charge in [0.15, 0.2) is 0 Å². The first-order valence-corrected chi connectivity index (χ1v) is 10.4. The van der Waals surface area contributed by atoms with Crippen LogP contribution in [0.1, 0.15) is 36.0 Å². The highest BCUT2D eigenvalue weighted by atomic mass is 35.5. The summed E-state index contributed by atoms with van der Waals surface area (Å²) in [5.74, 6) is -0.796. The molecule has 0 atom stereocenters. The molecule has 0 fully saturated rings. The molecule has 29 heavy (non-hydrogen) atoms. The fourth-order valence-electron chi connectivity index (χ4n) is 2.29. The molecule has 0 bridgehead atoms. The van der Waals surface area contributed by atoms with Gasteiger partial charge in [0.1, 0.15) is 0 Å². The van der Waals surface area contributed by atoms with Crippen LogP contribution >= 0.6 is 34.5 Å². The van der Waals surface area contributed by atoms with Crippen LogP contribution in [0.3, 0.4) is 0 Å². The molecule has 1 aromatic carbocycles. The first-order chi connectivity index (χ1) is 13.4. The summed E-state index contributed by atoms with van der Waals surface area (Å²) in [6.45, 7) is 7.10. The lowest BCUT2D eigenvalue weighted by Crippen LogP contribution is -2.34. The third kappa shape index (κ3) is 6.19. The Morgan fingerprint density at radius 3 is 2.31 bits per heavy atom. The van der Waals surface area contributed by atoms with Crippen LogP contribution in [0.2, 0.25) is 10.0 Å². The van der Waals surface area contributed by atoms with E-state index in [1.807, 2.05) is 20.8 Å². The maximum Gasteiger partial charge on any atom is 0.264 e. The molecule has 0 unspecified atom stereocenters. The molecule has 0 aliphatic rings. The normalized spacial score (nSPS) is 11.1. The minimum atomic E-state index is -0.540. The van der Waals surface area contributed by atoms with Gasteiger partial charge in [-0.25, -0.2) is 0 Å². The summed E-state index contributed by atoms with van der Waals surface area (Å²) in [5.41, 5.74) is 0.687. The van der Waals surface area contributed by atoms with Gasteiger partial charge in [0.25, 0.3) is 5.91 Å². The number of carbonyl (C=O) groups excluding carboxylic acids is 3. The van der Waals surface area contributed by atoms with Gasteiger partial charge in [-0.1, -0.05) is 44.0 Å². The largest absolute Gasteiger partial charge is 0.332 e. The summed E-state index contributed by atoms with van der Waals surface area (Å²) in [6, 6.07) is 6.50. The first-order valence-electron chi connectivity index (χ1n) is 8.80. The molecular weight excluding hydrogens is 433 g/mol. The van der Waals surface area contributed by atoms with Gasteiger partial charge in [0, 0.05) is 18.2 Å². The molecule has 1 heterocycles. The first kappa shape index (κ1) is 23.2. The van der Waals surface area contributed by atoms with Gasteiger partial charge >= 0.3 is 0 Å². The monoisotopic (exact) mass is 455 g/mol. The Balaban J connectivity index is 2.03. The van der Waals surface area contributed by atoms with Crippen LogP contribution in [-0.2, 0) is 9.59 Å². The van der Waals surface area contributed by atoms with Crippen molar-refractivity contribution in [2.45, 2.75) is 27.7 Å². The molecule has 2 N–H and O–H groups in total. The zero-order valence-electron chi connectivity index (χ0n) is 16.9. The molecule has 156 valence electrons. The predicted octanol–water partition coefficient (Wildman–Crippen LogP) is 5.06. The van der Waals surface area contributed by atoms with Crippen LogP contribution in [0, 0.1) is 12.3 Å². The van der Waals surface area contributed by atoms with E-state index in [0.717, 1.165) is 5.56 Å². The Kier molecular flexibility index (Phi) is 7.32. The molecule has 0 saturated heterocycles. The average molecular weight is 456 g/mol. The Bertz CT molecular complexity index is 951. The predicted molar refractivity (Wildman–Crippen MR) is 119 cm³/mol. The molecule has 6 nitrogen and oxygen atoms in total. The van der Waals surface area contributed by atoms with E-state index in [2.05, 4.69) is 10.6 Å². The van der Waals surface area contributed by atoms with Crippen LogP contribution < -0.4 is 10.6 Å². The zero-order chi connectivity index (χ0) is 21.9. The minimum Gasteiger partial charge on any atom is -0.332 e. The van der Waals surface area contributed by atoms with Gasteiger partial charge in [-0.05, 0) is 36.8 Å². The lowest BCUT2D eigenvalue weighted by molar-refractivity contribution is -0.123. The van der Waals surface area contributed by atoms with Crippen molar-refractivity contribution in [1.29, 1.82) is 0 Å². The number of anilines is 2. The van der Waals surface area contributed by atoms with Crippen molar-refractivity contribution in [2.24, 2.45) is 5.41 Å². The summed E-state index contributed by atoms with van der Waals surface area (Å²) >= 11 is 13.0. The third-order valence-corrected chi connectivity index (χ3v) is 5.84. The van der Waals surface area contributed by atoms with Gasteiger partial charge in [-0.2, -0.15) is 0 Å². The zero-order valence-corrected chi connectivity index (χ0v) is 19.2. The van der Waals surface area contributed by atoms with Crippen molar-refractivity contribution in [2.75, 3.05) is 24.2 Å². The summed E-state index contributed by atoms with van der Waals surface area (Å²) in [4.78, 5) is 39.0. The minimum absolute atomic E-state index is 0.132. The lowest BCUT2D eigenvalue weighted by Gasteiger charge is -2.17. The molecule has 2 aromatic rings. The summed E-state index contributed by atoms with van der Waals surface area (Å²) < 4.78 is 0. The van der Waals surface area contributed by atoms with E-state index in [-0.39, 0.29) is 24.3 Å². The number of hydrogen-bond donors (Lipinski definition) is 2. The van der Waals surface area contributed by atoms with Gasteiger partial charge in [0.05, 0.1) is 26.5 Å². The average Bonchev–Trinajstić information content (AvgIpc) is 2.96. The molecule has 0 spiro atoms. The van der Waals surface area contributed by atoms with Crippen LogP contribution in [0.4, 0.5) is 10.7 Å². The Morgan fingerprint density at radius 2 is 1.72 bits per heavy atom. The van der Waals surface area contributed by atoms with Crippen LogP contribution in [-0.4, -0.2) is 36.2 Å². The highest BCUT2D eigenvalue weighted by Crippen LogP contribution is 2.29. The van der Waals surface area contributed by atoms with Gasteiger partial charge in [0.2, 0.25) is 11.8 Å². The molecule has 0 aliphatic carbocycles. The van der Waals surface area contributed by atoms with Crippen molar-refractivity contribution < 1.29 is 14.4 Å². The van der Waals surface area contributed by atoms with E-state index in [1.54, 1.807) is 32.2 Å². The Labute approximate surface area is 184 Å². The number of rotatable bonds is 5. The van der Waals surface area contributed by atoms with Crippen LogP contribution in [0.5, 0.6) is 0 Å². The Morgan fingerprint density at radius 1 is 1.07 bits per heavy atom. The second kappa shape index (κ2) is 9.15. The number of halogens is 2. The highest BCUT2D eigenvalue weighted by molar-refractivity contribution is 7.18. The molecule has 0 radical (unpaired) electrons. The highest BCUT2D eigenvalue weighted by Gasteiger charge is 2.24. The number of likely N-dealkylation sites (N-methyl/N-ethyl adjacent to an activating group) is 1. The molecule has 9 heteroatoms. The van der Waals surface area contributed by atoms with E-state index in [1.165, 1.54) is 22.3 Å². The summed E-state index contributed by atoms with van der Waals surface area (Å²) in [6.07, 6.45) is 0. The third-order valence-electron chi connectivity index (χ3n) is 3.96. The molecule has 0 saturated carbocycles. The number of nitrogens with one attached hydrogen (secondary N) is 2. The van der Waals surface area contributed by atoms with Gasteiger partial charge < -0.3 is 15.5 Å². The lowest BCUT2D eigenvalue weighted by atomic mass is 9.96. The molecule has 1 aromatic heterocycles. The standard InChI is InChI=1S/C20H23Cl2N3O3S/c1-11-8-16(24-19(28)20(2,3)4)29-17(11)18(27)25(5)10-15(26)23-12-6-7-13(21)14(22)9-12/h6-9H,10H2,1-5H3,(H,23,26)(H,24,28). The fourth-order valence-corrected chi connectivity index (χ4v) is 3.65. The fraction of sp³-hybridized carbons (Fsp3) is 0.350. The summed E-state index contributed by atoms with van der Waals surface area (Å²) in [7, 11) is 1.54. The molecule has 3 amide bonds. The van der Waals surface area contributed by atoms with Crippen molar-refractivity contribution in [1.82, 2.24) is 4.90 Å². The number of carbonyl (C=O) groups is 3. The van der Waals surface area contributed by atoms with Crippen LogP contribution in [0.25, 0.3) is 0 Å². The van der Waals surface area contributed by atoms with E-state index in [9.17, 15) is 14.4 Å². The second-order valence-corrected chi connectivity index (χ2v) is 9.53. The molecular formula is C20H23Cl2N3O3S. The topological polar surface area (TPSA) is 78.5 Å². The maximum absolute atomic E-state index is 12.8. The molecule has 2 rings (SSSR count).